The van der Waals surface area contributed by atoms with Crippen molar-refractivity contribution in [1.29, 1.82) is 0 Å². The molecule has 1 aromatic rings. The smallest absolute Gasteiger partial charge is 0.119 e. The SMILES string of the molecule is C=CCCC(CCC=C)Oc1ccc(N)cc1.CN. The maximum absolute atomic E-state index is 5.92. The molecule has 0 unspecified atom stereocenters. The van der Waals surface area contributed by atoms with Gasteiger partial charge >= 0.3 is 0 Å². The van der Waals surface area contributed by atoms with Crippen molar-refractivity contribution in [1.82, 2.24) is 0 Å². The van der Waals surface area contributed by atoms with Gasteiger partial charge in [0.05, 0.1) is 6.10 Å². The molecule has 0 aliphatic heterocycles. The fourth-order valence-corrected chi connectivity index (χ4v) is 1.61. The number of hydrogen-bond acceptors (Lipinski definition) is 3. The summed E-state index contributed by atoms with van der Waals surface area (Å²) in [5.74, 6) is 0.873. The van der Waals surface area contributed by atoms with Crippen molar-refractivity contribution >= 4 is 5.69 Å². The van der Waals surface area contributed by atoms with Gasteiger partial charge in [0.2, 0.25) is 0 Å². The third-order valence-electron chi connectivity index (χ3n) is 2.57. The van der Waals surface area contributed by atoms with Crippen LogP contribution in [0.25, 0.3) is 0 Å². The molecule has 0 aliphatic rings. The van der Waals surface area contributed by atoms with E-state index in [-0.39, 0.29) is 6.10 Å². The molecule has 0 aromatic heterocycles. The number of rotatable bonds is 8. The third kappa shape index (κ3) is 8.06. The third-order valence-corrected chi connectivity index (χ3v) is 2.57. The molecule has 3 heteroatoms. The Morgan fingerprint density at radius 2 is 1.53 bits per heavy atom. The average molecular weight is 262 g/mol. The Kier molecular flexibility index (Phi) is 10.3. The van der Waals surface area contributed by atoms with Gasteiger partial charge in [-0.15, -0.1) is 13.2 Å². The predicted octanol–water partition coefficient (Wildman–Crippen LogP) is 3.52. The van der Waals surface area contributed by atoms with Crippen LogP contribution >= 0.6 is 0 Å². The van der Waals surface area contributed by atoms with E-state index in [2.05, 4.69) is 18.9 Å². The minimum atomic E-state index is 0.217. The summed E-state index contributed by atoms with van der Waals surface area (Å²) in [6.07, 6.45) is 7.98. The Morgan fingerprint density at radius 3 is 1.95 bits per heavy atom. The molecule has 1 aromatic carbocycles. The first-order valence-electron chi connectivity index (χ1n) is 6.58. The Balaban J connectivity index is 0.00000154. The Hall–Kier alpha value is -1.74. The van der Waals surface area contributed by atoms with Crippen LogP contribution in [0, 0.1) is 0 Å². The Bertz CT molecular complexity index is 334. The number of allylic oxidation sites excluding steroid dienone is 2. The molecule has 0 bridgehead atoms. The first-order chi connectivity index (χ1) is 9.26. The molecule has 0 saturated heterocycles. The standard InChI is InChI=1S/C15H21NO.CH5N/c1-3-5-7-14(8-6-4-2)17-15-11-9-13(16)10-12-15;1-2/h3-4,9-12,14H,1-2,5-8,16H2;2H2,1H3. The van der Waals surface area contributed by atoms with Crippen LogP contribution in [-0.2, 0) is 0 Å². The van der Waals surface area contributed by atoms with Gasteiger partial charge in [-0.3, -0.25) is 0 Å². The second-order valence-corrected chi connectivity index (χ2v) is 4.04. The van der Waals surface area contributed by atoms with Crippen LogP contribution in [0.4, 0.5) is 5.69 Å². The second kappa shape index (κ2) is 11.4. The van der Waals surface area contributed by atoms with Gasteiger partial charge in [0.15, 0.2) is 0 Å². The average Bonchev–Trinajstić information content (AvgIpc) is 2.46. The lowest BCUT2D eigenvalue weighted by molar-refractivity contribution is 0.183. The summed E-state index contributed by atoms with van der Waals surface area (Å²) in [7, 11) is 1.50. The zero-order valence-electron chi connectivity index (χ0n) is 11.8. The number of benzene rings is 1. The van der Waals surface area contributed by atoms with Crippen LogP contribution in [0.1, 0.15) is 25.7 Å². The van der Waals surface area contributed by atoms with Crippen molar-refractivity contribution in [3.63, 3.8) is 0 Å². The van der Waals surface area contributed by atoms with E-state index in [1.807, 2.05) is 36.4 Å². The van der Waals surface area contributed by atoms with Crippen molar-refractivity contribution in [2.75, 3.05) is 12.8 Å². The summed E-state index contributed by atoms with van der Waals surface area (Å²) in [6, 6.07) is 7.52. The highest BCUT2D eigenvalue weighted by molar-refractivity contribution is 5.41. The summed E-state index contributed by atoms with van der Waals surface area (Å²) in [6.45, 7) is 7.48. The van der Waals surface area contributed by atoms with Crippen molar-refractivity contribution in [3.8, 4) is 5.75 Å². The monoisotopic (exact) mass is 262 g/mol. The molecule has 0 amide bonds. The lowest BCUT2D eigenvalue weighted by Gasteiger charge is -2.18. The largest absolute Gasteiger partial charge is 0.490 e. The van der Waals surface area contributed by atoms with Crippen LogP contribution in [0.2, 0.25) is 0 Å². The number of hydrogen-bond donors (Lipinski definition) is 2. The number of anilines is 1. The topological polar surface area (TPSA) is 61.3 Å². The highest BCUT2D eigenvalue weighted by Gasteiger charge is 2.08. The van der Waals surface area contributed by atoms with Crippen LogP contribution in [0.5, 0.6) is 5.75 Å². The van der Waals surface area contributed by atoms with Crippen LogP contribution in [0.15, 0.2) is 49.6 Å². The van der Waals surface area contributed by atoms with E-state index >= 15 is 0 Å². The molecular weight excluding hydrogens is 236 g/mol. The Labute approximate surface area is 117 Å². The molecule has 0 aliphatic carbocycles. The van der Waals surface area contributed by atoms with E-state index in [1.165, 1.54) is 7.05 Å². The van der Waals surface area contributed by atoms with Gasteiger partial charge in [0.25, 0.3) is 0 Å². The van der Waals surface area contributed by atoms with E-state index < -0.39 is 0 Å². The zero-order chi connectivity index (χ0) is 14.5. The maximum atomic E-state index is 5.92. The summed E-state index contributed by atoms with van der Waals surface area (Å²) in [5.41, 5.74) is 10.9. The van der Waals surface area contributed by atoms with Gasteiger partial charge in [-0.25, -0.2) is 0 Å². The molecule has 4 N–H and O–H groups in total. The molecule has 0 spiro atoms. The van der Waals surface area contributed by atoms with Crippen LogP contribution in [0.3, 0.4) is 0 Å². The highest BCUT2D eigenvalue weighted by atomic mass is 16.5. The van der Waals surface area contributed by atoms with Gasteiger partial charge in [0, 0.05) is 5.69 Å². The molecule has 1 rings (SSSR count). The fraction of sp³-hybridized carbons (Fsp3) is 0.375. The zero-order valence-corrected chi connectivity index (χ0v) is 11.8. The quantitative estimate of drug-likeness (QED) is 0.556. The lowest BCUT2D eigenvalue weighted by atomic mass is 10.1. The van der Waals surface area contributed by atoms with Gasteiger partial charge < -0.3 is 16.2 Å². The normalized spacial score (nSPS) is 9.42. The van der Waals surface area contributed by atoms with E-state index in [4.69, 9.17) is 10.5 Å². The molecule has 106 valence electrons. The highest BCUT2D eigenvalue weighted by Crippen LogP contribution is 2.19. The molecule has 3 nitrogen and oxygen atoms in total. The first kappa shape index (κ1) is 17.3. The number of nitrogen functional groups attached to an aromatic ring is 1. The van der Waals surface area contributed by atoms with Crippen molar-refractivity contribution in [3.05, 3.63) is 49.6 Å². The molecule has 0 atom stereocenters. The van der Waals surface area contributed by atoms with Gasteiger partial charge in [-0.05, 0) is 57.0 Å². The number of nitrogens with two attached hydrogens (primary N) is 2. The lowest BCUT2D eigenvalue weighted by Crippen LogP contribution is -2.16. The summed E-state index contributed by atoms with van der Waals surface area (Å²) in [5, 5.41) is 0. The van der Waals surface area contributed by atoms with Gasteiger partial charge in [0.1, 0.15) is 5.75 Å². The van der Waals surface area contributed by atoms with E-state index in [9.17, 15) is 0 Å². The molecule has 0 heterocycles. The van der Waals surface area contributed by atoms with Gasteiger partial charge in [-0.1, -0.05) is 12.2 Å². The van der Waals surface area contributed by atoms with Crippen molar-refractivity contribution in [2.45, 2.75) is 31.8 Å². The maximum Gasteiger partial charge on any atom is 0.119 e. The van der Waals surface area contributed by atoms with Crippen molar-refractivity contribution < 1.29 is 4.74 Å². The summed E-state index contributed by atoms with van der Waals surface area (Å²) in [4.78, 5) is 0. The van der Waals surface area contributed by atoms with E-state index in [1.54, 1.807) is 0 Å². The molecular formula is C16H26N2O. The first-order valence-corrected chi connectivity index (χ1v) is 6.58. The minimum absolute atomic E-state index is 0.217. The molecule has 0 saturated carbocycles. The molecule has 0 radical (unpaired) electrons. The van der Waals surface area contributed by atoms with E-state index in [0.717, 1.165) is 37.1 Å². The number of ether oxygens (including phenoxy) is 1. The predicted molar refractivity (Wildman–Crippen MR) is 84.2 cm³/mol. The molecule has 0 fully saturated rings. The van der Waals surface area contributed by atoms with Crippen molar-refractivity contribution in [2.24, 2.45) is 5.73 Å². The minimum Gasteiger partial charge on any atom is -0.490 e. The second-order valence-electron chi connectivity index (χ2n) is 4.04. The van der Waals surface area contributed by atoms with Crippen LogP contribution in [-0.4, -0.2) is 13.2 Å². The van der Waals surface area contributed by atoms with Crippen LogP contribution < -0.4 is 16.2 Å². The summed E-state index contributed by atoms with van der Waals surface area (Å²) >= 11 is 0. The summed E-state index contributed by atoms with van der Waals surface area (Å²) < 4.78 is 5.92. The fourth-order valence-electron chi connectivity index (χ4n) is 1.61. The van der Waals surface area contributed by atoms with E-state index in [0.29, 0.717) is 0 Å². The van der Waals surface area contributed by atoms with Gasteiger partial charge in [-0.2, -0.15) is 0 Å². The Morgan fingerprint density at radius 1 is 1.05 bits per heavy atom. The molecule has 19 heavy (non-hydrogen) atoms.